The number of nitrogen functional groups attached to an aromatic ring is 1. The number of carbonyl (C=O) groups is 1. The number of amides is 1. The molecular weight excluding hydrogens is 350 g/mol. The first-order valence-electron chi connectivity index (χ1n) is 8.90. The molecule has 0 unspecified atom stereocenters. The summed E-state index contributed by atoms with van der Waals surface area (Å²) in [6, 6.07) is 24.4. The van der Waals surface area contributed by atoms with Crippen LogP contribution in [0.5, 0.6) is 5.75 Å². The second-order valence-corrected chi connectivity index (χ2v) is 6.47. The molecule has 5 heteroatoms. The van der Waals surface area contributed by atoms with Crippen molar-refractivity contribution in [1.29, 1.82) is 5.41 Å². The van der Waals surface area contributed by atoms with E-state index in [4.69, 9.17) is 15.9 Å². The molecule has 1 aliphatic rings. The van der Waals surface area contributed by atoms with Crippen molar-refractivity contribution in [1.82, 2.24) is 0 Å². The molecule has 0 bridgehead atoms. The standard InChI is InChI=1S/C23H19N3O2/c24-23(25)17-10-12-19(13-11-17)26-15-18-8-4-5-9-20(18)28-21(14-22(26)27)16-6-2-1-3-7-16/h1-14H,15H2,(H3,24,25)/b21-14-. The number of benzene rings is 3. The highest BCUT2D eigenvalue weighted by Gasteiger charge is 2.22. The molecule has 1 amide bonds. The number of ether oxygens (including phenoxy) is 1. The van der Waals surface area contributed by atoms with Crippen LogP contribution in [0.1, 0.15) is 16.7 Å². The lowest BCUT2D eigenvalue weighted by atomic mass is 10.1. The SMILES string of the molecule is N=C(N)c1ccc(N2Cc3ccccc3O/C(c3ccccc3)=C\C2=O)cc1. The van der Waals surface area contributed by atoms with Gasteiger partial charge in [-0.1, -0.05) is 48.5 Å². The molecule has 3 N–H and O–H groups in total. The Morgan fingerprint density at radius 1 is 0.929 bits per heavy atom. The molecule has 0 aliphatic carbocycles. The van der Waals surface area contributed by atoms with Gasteiger partial charge in [-0.2, -0.15) is 0 Å². The Balaban J connectivity index is 1.79. The molecule has 0 saturated heterocycles. The minimum Gasteiger partial charge on any atom is -0.456 e. The molecule has 3 aromatic rings. The maximum Gasteiger partial charge on any atom is 0.255 e. The van der Waals surface area contributed by atoms with Crippen molar-refractivity contribution >= 4 is 23.2 Å². The second kappa shape index (κ2) is 7.40. The highest BCUT2D eigenvalue weighted by molar-refractivity contribution is 6.06. The van der Waals surface area contributed by atoms with Gasteiger partial charge < -0.3 is 15.4 Å². The van der Waals surface area contributed by atoms with E-state index in [0.29, 0.717) is 17.9 Å². The number of anilines is 1. The topological polar surface area (TPSA) is 79.4 Å². The minimum absolute atomic E-state index is 0.00412. The summed E-state index contributed by atoms with van der Waals surface area (Å²) in [7, 11) is 0. The summed E-state index contributed by atoms with van der Waals surface area (Å²) in [4.78, 5) is 14.8. The lowest BCUT2D eigenvalue weighted by Crippen LogP contribution is -2.30. The zero-order chi connectivity index (χ0) is 19.5. The third-order valence-corrected chi connectivity index (χ3v) is 4.59. The molecule has 0 atom stereocenters. The highest BCUT2D eigenvalue weighted by atomic mass is 16.5. The van der Waals surface area contributed by atoms with E-state index in [1.165, 1.54) is 6.08 Å². The summed E-state index contributed by atoms with van der Waals surface area (Å²) in [5.74, 6) is 1.04. The number of amidine groups is 1. The van der Waals surface area contributed by atoms with Gasteiger partial charge in [0.15, 0.2) is 0 Å². The van der Waals surface area contributed by atoms with E-state index in [2.05, 4.69) is 0 Å². The van der Waals surface area contributed by atoms with Crippen LogP contribution in [0.25, 0.3) is 5.76 Å². The normalized spacial score (nSPS) is 15.5. The molecule has 28 heavy (non-hydrogen) atoms. The van der Waals surface area contributed by atoms with Crippen molar-refractivity contribution in [3.8, 4) is 5.75 Å². The Kier molecular flexibility index (Phi) is 4.64. The van der Waals surface area contributed by atoms with E-state index in [9.17, 15) is 4.79 Å². The van der Waals surface area contributed by atoms with Crippen LogP contribution < -0.4 is 15.4 Å². The smallest absolute Gasteiger partial charge is 0.255 e. The molecule has 5 nitrogen and oxygen atoms in total. The quantitative estimate of drug-likeness (QED) is 0.542. The molecule has 0 spiro atoms. The fourth-order valence-electron chi connectivity index (χ4n) is 3.10. The van der Waals surface area contributed by atoms with Crippen LogP contribution in [0, 0.1) is 5.41 Å². The van der Waals surface area contributed by atoms with E-state index in [0.717, 1.165) is 22.6 Å². The number of nitrogens with zero attached hydrogens (tertiary/aromatic N) is 1. The Morgan fingerprint density at radius 3 is 2.32 bits per heavy atom. The summed E-state index contributed by atoms with van der Waals surface area (Å²) in [6.45, 7) is 0.382. The zero-order valence-corrected chi connectivity index (χ0v) is 15.1. The maximum atomic E-state index is 13.1. The van der Waals surface area contributed by atoms with E-state index >= 15 is 0 Å². The van der Waals surface area contributed by atoms with Crippen LogP contribution in [0.4, 0.5) is 5.69 Å². The fourth-order valence-corrected chi connectivity index (χ4v) is 3.10. The molecule has 0 saturated carbocycles. The first-order chi connectivity index (χ1) is 13.6. The summed E-state index contributed by atoms with van der Waals surface area (Å²) >= 11 is 0. The summed E-state index contributed by atoms with van der Waals surface area (Å²) in [5.41, 5.74) is 8.63. The van der Waals surface area contributed by atoms with Crippen LogP contribution >= 0.6 is 0 Å². The van der Waals surface area contributed by atoms with Crippen molar-refractivity contribution in [2.24, 2.45) is 5.73 Å². The van der Waals surface area contributed by atoms with Gasteiger partial charge in [-0.3, -0.25) is 10.2 Å². The Hall–Kier alpha value is -3.86. The van der Waals surface area contributed by atoms with Gasteiger partial charge in [0.1, 0.15) is 17.3 Å². The Morgan fingerprint density at radius 2 is 1.61 bits per heavy atom. The number of hydrogen-bond donors (Lipinski definition) is 2. The average molecular weight is 369 g/mol. The zero-order valence-electron chi connectivity index (χ0n) is 15.1. The molecule has 3 aromatic carbocycles. The number of nitrogens with two attached hydrogens (primary N) is 1. The largest absolute Gasteiger partial charge is 0.456 e. The number of fused-ring (bicyclic) bond motifs is 1. The van der Waals surface area contributed by atoms with Crippen LogP contribution in [0.3, 0.4) is 0 Å². The first-order valence-corrected chi connectivity index (χ1v) is 8.90. The van der Waals surface area contributed by atoms with Gasteiger partial charge in [0.2, 0.25) is 0 Å². The summed E-state index contributed by atoms with van der Waals surface area (Å²) in [6.07, 6.45) is 1.52. The molecule has 1 aliphatic heterocycles. The van der Waals surface area contributed by atoms with Crippen molar-refractivity contribution < 1.29 is 9.53 Å². The number of rotatable bonds is 3. The van der Waals surface area contributed by atoms with Crippen molar-refractivity contribution in [2.75, 3.05) is 4.90 Å². The van der Waals surface area contributed by atoms with Gasteiger partial charge in [0.25, 0.3) is 5.91 Å². The fraction of sp³-hybridized carbons (Fsp3) is 0.0435. The van der Waals surface area contributed by atoms with Crippen LogP contribution in [-0.2, 0) is 11.3 Å². The predicted octanol–water partition coefficient (Wildman–Crippen LogP) is 3.94. The summed E-state index contributed by atoms with van der Waals surface area (Å²) < 4.78 is 6.10. The molecule has 138 valence electrons. The van der Waals surface area contributed by atoms with E-state index in [-0.39, 0.29) is 11.7 Å². The number of carbonyl (C=O) groups excluding carboxylic acids is 1. The van der Waals surface area contributed by atoms with Crippen molar-refractivity contribution in [3.63, 3.8) is 0 Å². The van der Waals surface area contributed by atoms with E-state index < -0.39 is 0 Å². The lowest BCUT2D eigenvalue weighted by Gasteiger charge is -2.26. The van der Waals surface area contributed by atoms with Gasteiger partial charge >= 0.3 is 0 Å². The van der Waals surface area contributed by atoms with Gasteiger partial charge in [-0.05, 0) is 30.3 Å². The number of hydrogen-bond acceptors (Lipinski definition) is 3. The van der Waals surface area contributed by atoms with Crippen LogP contribution in [0.2, 0.25) is 0 Å². The second-order valence-electron chi connectivity index (χ2n) is 6.47. The first kappa shape index (κ1) is 17.5. The Labute approximate surface area is 163 Å². The molecule has 0 fully saturated rings. The molecular formula is C23H19N3O2. The van der Waals surface area contributed by atoms with Crippen molar-refractivity contribution in [2.45, 2.75) is 6.54 Å². The van der Waals surface area contributed by atoms with Gasteiger partial charge in [0, 0.05) is 28.5 Å². The predicted molar refractivity (Wildman–Crippen MR) is 110 cm³/mol. The third kappa shape index (κ3) is 3.50. The monoisotopic (exact) mass is 369 g/mol. The number of para-hydroxylation sites is 1. The van der Waals surface area contributed by atoms with Gasteiger partial charge in [-0.25, -0.2) is 0 Å². The van der Waals surface area contributed by atoms with Crippen molar-refractivity contribution in [3.05, 3.63) is 102 Å². The lowest BCUT2D eigenvalue weighted by molar-refractivity contribution is -0.114. The highest BCUT2D eigenvalue weighted by Crippen LogP contribution is 2.30. The van der Waals surface area contributed by atoms with Gasteiger partial charge in [-0.15, -0.1) is 0 Å². The van der Waals surface area contributed by atoms with E-state index in [1.54, 1.807) is 29.2 Å². The molecule has 4 rings (SSSR count). The summed E-state index contributed by atoms with van der Waals surface area (Å²) in [5, 5.41) is 7.54. The van der Waals surface area contributed by atoms with Gasteiger partial charge in [0.05, 0.1) is 6.54 Å². The maximum absolute atomic E-state index is 13.1. The molecule has 1 heterocycles. The molecule has 0 aromatic heterocycles. The Bertz CT molecular complexity index is 1060. The number of nitrogens with one attached hydrogen (secondary N) is 1. The van der Waals surface area contributed by atoms with Crippen LogP contribution in [0.15, 0.2) is 84.9 Å². The third-order valence-electron chi connectivity index (χ3n) is 4.59. The minimum atomic E-state index is -0.177. The van der Waals surface area contributed by atoms with Crippen LogP contribution in [-0.4, -0.2) is 11.7 Å². The average Bonchev–Trinajstić information content (AvgIpc) is 2.72. The molecule has 0 radical (unpaired) electrons. The van der Waals surface area contributed by atoms with E-state index in [1.807, 2.05) is 54.6 Å².